The number of nitrogens with one attached hydrogen (secondary N) is 2. The Balaban J connectivity index is 1.09. The molecule has 2 unspecified atom stereocenters. The van der Waals surface area contributed by atoms with E-state index in [4.69, 9.17) is 30.0 Å². The molecule has 0 aromatic heterocycles. The molecule has 2 atom stereocenters. The van der Waals surface area contributed by atoms with Gasteiger partial charge in [-0.3, -0.25) is 0 Å². The van der Waals surface area contributed by atoms with Gasteiger partial charge in [-0.2, -0.15) is 0 Å². The standard InChI is InChI=1S/C50H84N8O4/c1-49(2)34-42(52-46(60)58(44-32-20-9-21-33-44)48(54-39-24-12-5-13-25-39)62-56-41-28-16-7-17-29-41)35-50(3,36-49)37-51-45(59)57(43-30-18-8-19-31-43)47(53-38-22-10-4-11-23-38)61-55-40-26-14-6-15-27-40/h38-39,42-44H,4-37H2,1-3H3,(H,51,59)(H,52,60). The quantitative estimate of drug-likeness (QED) is 0.136. The average Bonchev–Trinajstić information content (AvgIpc) is 3.28. The number of hydrogen-bond donors (Lipinski definition) is 2. The predicted octanol–water partition coefficient (Wildman–Crippen LogP) is 12.3. The maximum atomic E-state index is 14.9. The molecular formula is C50H84N8O4. The van der Waals surface area contributed by atoms with E-state index in [-0.39, 0.29) is 53.1 Å². The predicted molar refractivity (Wildman–Crippen MR) is 251 cm³/mol. The van der Waals surface area contributed by atoms with Gasteiger partial charge >= 0.3 is 24.1 Å². The molecule has 0 spiro atoms. The number of rotatable bonds is 9. The Labute approximate surface area is 374 Å². The molecule has 12 nitrogen and oxygen atoms in total. The van der Waals surface area contributed by atoms with Gasteiger partial charge in [-0.1, -0.05) is 121 Å². The molecule has 0 bridgehead atoms. The molecule has 7 aliphatic carbocycles. The largest absolute Gasteiger partial charge is 0.337 e. The fraction of sp³-hybridized carbons (Fsp3) is 0.880. The smallest absolute Gasteiger partial charge is 0.326 e. The second kappa shape index (κ2) is 23.1. The van der Waals surface area contributed by atoms with E-state index in [1.54, 1.807) is 0 Å². The first-order chi connectivity index (χ1) is 30.1. The molecule has 348 valence electrons. The van der Waals surface area contributed by atoms with Crippen molar-refractivity contribution in [3.8, 4) is 0 Å². The number of urea groups is 2. The van der Waals surface area contributed by atoms with Crippen molar-refractivity contribution in [2.24, 2.45) is 31.1 Å². The van der Waals surface area contributed by atoms with Crippen LogP contribution < -0.4 is 10.6 Å². The lowest BCUT2D eigenvalue weighted by Crippen LogP contribution is -2.57. The molecule has 0 heterocycles. The third-order valence-corrected chi connectivity index (χ3v) is 15.3. The van der Waals surface area contributed by atoms with Crippen LogP contribution in [0.2, 0.25) is 0 Å². The van der Waals surface area contributed by atoms with Gasteiger partial charge in [0, 0.05) is 24.7 Å². The minimum Gasteiger partial charge on any atom is -0.337 e. The zero-order valence-corrected chi connectivity index (χ0v) is 39.2. The van der Waals surface area contributed by atoms with Gasteiger partial charge in [0.25, 0.3) is 0 Å². The van der Waals surface area contributed by atoms with E-state index in [0.717, 1.165) is 185 Å². The van der Waals surface area contributed by atoms with Crippen molar-refractivity contribution in [1.82, 2.24) is 20.4 Å². The summed E-state index contributed by atoms with van der Waals surface area (Å²) < 4.78 is 0. The number of hydrogen-bond acceptors (Lipinski definition) is 8. The van der Waals surface area contributed by atoms with Crippen LogP contribution in [0, 0.1) is 10.8 Å². The summed E-state index contributed by atoms with van der Waals surface area (Å²) in [6.45, 7) is 7.41. The van der Waals surface area contributed by atoms with Gasteiger partial charge in [-0.25, -0.2) is 29.4 Å². The summed E-state index contributed by atoms with van der Waals surface area (Å²) in [5, 5.41) is 16.4. The van der Waals surface area contributed by atoms with Gasteiger partial charge in [-0.05, 0) is 133 Å². The molecule has 2 N–H and O–H groups in total. The molecule has 0 saturated heterocycles. The zero-order chi connectivity index (χ0) is 43.2. The van der Waals surface area contributed by atoms with Crippen LogP contribution in [0.1, 0.15) is 233 Å². The van der Waals surface area contributed by atoms with Crippen LogP contribution in [-0.4, -0.2) is 82.1 Å². The van der Waals surface area contributed by atoms with Crippen LogP contribution in [0.5, 0.6) is 0 Å². The molecule has 62 heavy (non-hydrogen) atoms. The van der Waals surface area contributed by atoms with Gasteiger partial charge in [0.15, 0.2) is 0 Å². The van der Waals surface area contributed by atoms with Crippen LogP contribution in [0.3, 0.4) is 0 Å². The summed E-state index contributed by atoms with van der Waals surface area (Å²) >= 11 is 0. The van der Waals surface area contributed by atoms with Crippen LogP contribution in [0.15, 0.2) is 20.3 Å². The van der Waals surface area contributed by atoms with Crippen LogP contribution in [0.25, 0.3) is 0 Å². The molecule has 12 heteroatoms. The van der Waals surface area contributed by atoms with E-state index in [9.17, 15) is 9.59 Å². The van der Waals surface area contributed by atoms with E-state index < -0.39 is 0 Å². The maximum Gasteiger partial charge on any atom is 0.326 e. The Kier molecular flexibility index (Phi) is 17.5. The third kappa shape index (κ3) is 13.9. The minimum atomic E-state index is -0.254. The fourth-order valence-electron chi connectivity index (χ4n) is 12.3. The Morgan fingerprint density at radius 1 is 0.548 bits per heavy atom. The van der Waals surface area contributed by atoms with E-state index in [0.29, 0.717) is 18.6 Å². The summed E-state index contributed by atoms with van der Waals surface area (Å²) in [5.74, 6) is 0. The molecule has 7 rings (SSSR count). The highest BCUT2D eigenvalue weighted by atomic mass is 16.7. The molecule has 7 aliphatic rings. The van der Waals surface area contributed by atoms with Gasteiger partial charge < -0.3 is 20.3 Å². The van der Waals surface area contributed by atoms with Crippen molar-refractivity contribution >= 4 is 35.5 Å². The Morgan fingerprint density at radius 2 is 0.952 bits per heavy atom. The molecule has 7 saturated carbocycles. The topological polar surface area (TPSA) is 133 Å². The highest BCUT2D eigenvalue weighted by Gasteiger charge is 2.44. The van der Waals surface area contributed by atoms with Crippen molar-refractivity contribution in [3.05, 3.63) is 0 Å². The number of carbonyl (C=O) groups is 2. The number of nitrogens with zero attached hydrogens (tertiary/aromatic N) is 6. The maximum absolute atomic E-state index is 14.9. The van der Waals surface area contributed by atoms with E-state index in [1.807, 2.05) is 9.80 Å². The van der Waals surface area contributed by atoms with E-state index in [2.05, 4.69) is 31.4 Å². The number of aliphatic imine (C=N–C) groups is 2. The third-order valence-electron chi connectivity index (χ3n) is 15.3. The van der Waals surface area contributed by atoms with Gasteiger partial charge in [-0.15, -0.1) is 0 Å². The Hall–Kier alpha value is -3.18. The molecule has 4 amide bonds. The molecule has 7 fully saturated rings. The second-order valence-electron chi connectivity index (χ2n) is 21.7. The Bertz CT molecular complexity index is 1550. The molecule has 0 aromatic carbocycles. The van der Waals surface area contributed by atoms with E-state index >= 15 is 0 Å². The number of amidine groups is 2. The minimum absolute atomic E-state index is 0.0284. The highest BCUT2D eigenvalue weighted by molar-refractivity contribution is 5.95. The van der Waals surface area contributed by atoms with Crippen LogP contribution >= 0.6 is 0 Å². The number of oxime groups is 2. The average molecular weight is 861 g/mol. The van der Waals surface area contributed by atoms with Gasteiger partial charge in [0.05, 0.1) is 23.5 Å². The summed E-state index contributed by atoms with van der Waals surface area (Å²) in [7, 11) is 0. The normalized spacial score (nSPS) is 27.8. The first-order valence-corrected chi connectivity index (χ1v) is 25.9. The number of amides is 4. The molecule has 0 radical (unpaired) electrons. The summed E-state index contributed by atoms with van der Waals surface area (Å²) in [6.07, 6.45) is 35.1. The lowest BCUT2D eigenvalue weighted by Gasteiger charge is -2.47. The van der Waals surface area contributed by atoms with Crippen LogP contribution in [-0.2, 0) is 9.68 Å². The van der Waals surface area contributed by atoms with Crippen molar-refractivity contribution in [2.45, 2.75) is 263 Å². The lowest BCUT2D eigenvalue weighted by atomic mass is 9.62. The lowest BCUT2D eigenvalue weighted by molar-refractivity contribution is 0.0696. The number of carbonyl (C=O) groups excluding carboxylic acids is 2. The van der Waals surface area contributed by atoms with Crippen LogP contribution in [0.4, 0.5) is 9.59 Å². The zero-order valence-electron chi connectivity index (χ0n) is 39.2. The van der Waals surface area contributed by atoms with Crippen molar-refractivity contribution in [1.29, 1.82) is 0 Å². The van der Waals surface area contributed by atoms with Gasteiger partial charge in [0.1, 0.15) is 0 Å². The van der Waals surface area contributed by atoms with Crippen molar-refractivity contribution in [3.63, 3.8) is 0 Å². The fourth-order valence-corrected chi connectivity index (χ4v) is 12.3. The van der Waals surface area contributed by atoms with E-state index in [1.165, 1.54) is 38.5 Å². The highest BCUT2D eigenvalue weighted by Crippen LogP contribution is 2.46. The second-order valence-corrected chi connectivity index (χ2v) is 21.7. The monoisotopic (exact) mass is 861 g/mol. The van der Waals surface area contributed by atoms with Gasteiger partial charge in [0.2, 0.25) is 0 Å². The summed E-state index contributed by atoms with van der Waals surface area (Å²) in [5.41, 5.74) is 1.86. The first-order valence-electron chi connectivity index (χ1n) is 25.9. The molecule has 0 aromatic rings. The SMILES string of the molecule is CC1(C)CC(NC(=O)N(C(=NC2CCCCC2)ON=C2CCCCC2)C2CCCCC2)CC(C)(CNC(=O)N(C(=NC2CCCCC2)ON=C2CCCCC2)C2CCCCC2)C1. The molecule has 0 aliphatic heterocycles. The van der Waals surface area contributed by atoms with Crippen molar-refractivity contribution < 1.29 is 19.3 Å². The van der Waals surface area contributed by atoms with Crippen molar-refractivity contribution in [2.75, 3.05) is 6.54 Å². The molecular weight excluding hydrogens is 777 g/mol. The first kappa shape index (κ1) is 46.8. The summed E-state index contributed by atoms with van der Waals surface area (Å²) in [6, 6.07) is 0.816. The Morgan fingerprint density at radius 3 is 1.40 bits per heavy atom. The summed E-state index contributed by atoms with van der Waals surface area (Å²) in [4.78, 5) is 56.6.